The van der Waals surface area contributed by atoms with Crippen LogP contribution in [0.1, 0.15) is 48.9 Å². The van der Waals surface area contributed by atoms with Gasteiger partial charge in [-0.3, -0.25) is 15.0 Å². The van der Waals surface area contributed by atoms with E-state index in [0.29, 0.717) is 18.1 Å². The zero-order valence-corrected chi connectivity index (χ0v) is 17.9. The first-order valence-electron chi connectivity index (χ1n) is 10.4. The molecule has 1 aliphatic heterocycles. The molecule has 0 spiro atoms. The smallest absolute Gasteiger partial charge is 0.274 e. The lowest BCUT2D eigenvalue weighted by Crippen LogP contribution is -2.21. The maximum Gasteiger partial charge on any atom is 0.274 e. The fourth-order valence-corrected chi connectivity index (χ4v) is 3.94. The van der Waals surface area contributed by atoms with Crippen LogP contribution in [0.4, 0.5) is 22.9 Å². The van der Waals surface area contributed by atoms with Gasteiger partial charge in [0, 0.05) is 36.0 Å². The van der Waals surface area contributed by atoms with Gasteiger partial charge in [-0.15, -0.1) is 0 Å². The van der Waals surface area contributed by atoms with Crippen molar-refractivity contribution in [2.45, 2.75) is 39.2 Å². The molecule has 2 aromatic carbocycles. The molecular weight excluding hydrogens is 392 g/mol. The lowest BCUT2D eigenvalue weighted by atomic mass is 9.98. The summed E-state index contributed by atoms with van der Waals surface area (Å²) in [7, 11) is 0. The van der Waals surface area contributed by atoms with Gasteiger partial charge in [-0.1, -0.05) is 44.2 Å². The molecule has 7 nitrogen and oxygen atoms in total. The van der Waals surface area contributed by atoms with Crippen molar-refractivity contribution in [2.75, 3.05) is 17.0 Å². The minimum atomic E-state index is -0.327. The predicted molar refractivity (Wildman–Crippen MR) is 122 cm³/mol. The summed E-state index contributed by atoms with van der Waals surface area (Å²) in [6.07, 6.45) is 2.62. The third kappa shape index (κ3) is 4.36. The quantitative estimate of drug-likeness (QED) is 0.388. The molecule has 0 saturated carbocycles. The Hall–Kier alpha value is -3.45. The molecule has 1 aliphatic rings. The van der Waals surface area contributed by atoms with Crippen LogP contribution in [0.25, 0.3) is 0 Å². The number of nitro groups is 1. The highest BCUT2D eigenvalue weighted by molar-refractivity contribution is 5.68. The number of nitro benzene ring substituents is 1. The number of nitrogens with zero attached hydrogens (tertiary/aromatic N) is 3. The molecule has 1 aromatic heterocycles. The number of benzene rings is 2. The maximum atomic E-state index is 11.6. The number of pyridine rings is 1. The molecule has 1 atom stereocenters. The fourth-order valence-electron chi connectivity index (χ4n) is 3.94. The van der Waals surface area contributed by atoms with E-state index in [1.54, 1.807) is 12.3 Å². The molecule has 0 amide bonds. The summed E-state index contributed by atoms with van der Waals surface area (Å²) in [5.41, 5.74) is 4.53. The summed E-state index contributed by atoms with van der Waals surface area (Å²) in [5, 5.41) is 16.8. The van der Waals surface area contributed by atoms with Crippen LogP contribution >= 0.6 is 0 Å². The number of rotatable bonds is 6. The van der Waals surface area contributed by atoms with Crippen LogP contribution in [0.3, 0.4) is 0 Å². The van der Waals surface area contributed by atoms with Gasteiger partial charge in [-0.05, 0) is 36.1 Å². The molecule has 4 rings (SSSR count). The van der Waals surface area contributed by atoms with Crippen LogP contribution in [0.2, 0.25) is 0 Å². The molecule has 7 heteroatoms. The Morgan fingerprint density at radius 1 is 1.19 bits per heavy atom. The molecule has 0 bridgehead atoms. The number of nitrogens with one attached hydrogen (secondary N) is 1. The van der Waals surface area contributed by atoms with Crippen LogP contribution in [-0.2, 0) is 4.84 Å². The van der Waals surface area contributed by atoms with Crippen LogP contribution in [-0.4, -0.2) is 16.5 Å². The second-order valence-corrected chi connectivity index (χ2v) is 8.04. The second kappa shape index (κ2) is 8.73. The Bertz CT molecular complexity index is 1090. The van der Waals surface area contributed by atoms with Gasteiger partial charge in [0.05, 0.1) is 23.3 Å². The van der Waals surface area contributed by atoms with Gasteiger partial charge in [0.2, 0.25) is 0 Å². The van der Waals surface area contributed by atoms with Gasteiger partial charge in [-0.25, -0.2) is 10.0 Å². The SMILES string of the molecule is Cc1cc(C(C)C)c([N+](=O)[O-])cc1Nc1cc(N2OCCC2c2ccccc2)ccn1. The van der Waals surface area contributed by atoms with Gasteiger partial charge in [0.1, 0.15) is 5.82 Å². The number of aryl methyl sites for hydroxylation is 1. The lowest BCUT2D eigenvalue weighted by Gasteiger charge is -2.25. The van der Waals surface area contributed by atoms with Gasteiger partial charge in [0.15, 0.2) is 0 Å². The fraction of sp³-hybridized carbons (Fsp3) is 0.292. The zero-order chi connectivity index (χ0) is 22.0. The van der Waals surface area contributed by atoms with Gasteiger partial charge >= 0.3 is 0 Å². The average Bonchev–Trinajstić information content (AvgIpc) is 3.25. The van der Waals surface area contributed by atoms with Gasteiger partial charge < -0.3 is 5.32 Å². The maximum absolute atomic E-state index is 11.6. The molecule has 31 heavy (non-hydrogen) atoms. The highest BCUT2D eigenvalue weighted by Gasteiger charge is 2.28. The van der Waals surface area contributed by atoms with Crippen molar-refractivity contribution in [2.24, 2.45) is 0 Å². The van der Waals surface area contributed by atoms with Crippen molar-refractivity contribution < 1.29 is 9.76 Å². The topological polar surface area (TPSA) is 80.5 Å². The molecule has 160 valence electrons. The Morgan fingerprint density at radius 3 is 2.68 bits per heavy atom. The summed E-state index contributed by atoms with van der Waals surface area (Å²) < 4.78 is 0. The van der Waals surface area contributed by atoms with Gasteiger partial charge in [-0.2, -0.15) is 0 Å². The van der Waals surface area contributed by atoms with E-state index in [4.69, 9.17) is 4.84 Å². The van der Waals surface area contributed by atoms with Crippen molar-refractivity contribution in [3.63, 3.8) is 0 Å². The molecule has 1 N–H and O–H groups in total. The van der Waals surface area contributed by atoms with Crippen LogP contribution in [0.15, 0.2) is 60.8 Å². The Morgan fingerprint density at radius 2 is 1.97 bits per heavy atom. The molecule has 2 heterocycles. The first-order valence-corrected chi connectivity index (χ1v) is 10.4. The summed E-state index contributed by atoms with van der Waals surface area (Å²) >= 11 is 0. The Balaban J connectivity index is 1.62. The van der Waals surface area contributed by atoms with E-state index >= 15 is 0 Å². The molecule has 3 aromatic rings. The largest absolute Gasteiger partial charge is 0.340 e. The van der Waals surface area contributed by atoms with Crippen LogP contribution < -0.4 is 10.4 Å². The van der Waals surface area contributed by atoms with Crippen molar-refractivity contribution in [3.8, 4) is 0 Å². The number of hydroxylamine groups is 1. The second-order valence-electron chi connectivity index (χ2n) is 8.04. The highest BCUT2D eigenvalue weighted by atomic mass is 16.7. The van der Waals surface area contributed by atoms with E-state index in [0.717, 1.165) is 23.2 Å². The van der Waals surface area contributed by atoms with E-state index < -0.39 is 0 Å². The zero-order valence-electron chi connectivity index (χ0n) is 17.9. The molecule has 0 radical (unpaired) electrons. The van der Waals surface area contributed by atoms with E-state index in [1.807, 2.05) is 62.2 Å². The van der Waals surface area contributed by atoms with E-state index in [2.05, 4.69) is 22.4 Å². The summed E-state index contributed by atoms with van der Waals surface area (Å²) in [5.74, 6) is 0.673. The third-order valence-electron chi connectivity index (χ3n) is 5.54. The van der Waals surface area contributed by atoms with Crippen molar-refractivity contribution in [1.82, 2.24) is 4.98 Å². The normalized spacial score (nSPS) is 16.0. The monoisotopic (exact) mass is 418 g/mol. The average molecular weight is 418 g/mol. The number of hydrogen-bond acceptors (Lipinski definition) is 6. The van der Waals surface area contributed by atoms with Crippen LogP contribution in [0, 0.1) is 17.0 Å². The molecule has 1 saturated heterocycles. The van der Waals surface area contributed by atoms with Gasteiger partial charge in [0.25, 0.3) is 5.69 Å². The summed E-state index contributed by atoms with van der Waals surface area (Å²) in [6, 6.07) is 17.7. The molecule has 1 unspecified atom stereocenters. The minimum absolute atomic E-state index is 0.0665. The first-order chi connectivity index (χ1) is 14.9. The minimum Gasteiger partial charge on any atom is -0.340 e. The molecular formula is C24H26N4O3. The number of anilines is 3. The Kier molecular flexibility index (Phi) is 5.86. The summed E-state index contributed by atoms with van der Waals surface area (Å²) in [4.78, 5) is 21.6. The third-order valence-corrected chi connectivity index (χ3v) is 5.54. The molecule has 0 aliphatic carbocycles. The Labute approximate surface area is 181 Å². The van der Waals surface area contributed by atoms with E-state index in [-0.39, 0.29) is 22.6 Å². The number of hydrogen-bond donors (Lipinski definition) is 1. The standard InChI is InChI=1S/C24H26N4O3/c1-16(2)20-13-17(3)21(15-23(20)28(29)30)26-24-14-19(9-11-25-24)27-22(10-12-31-27)18-7-5-4-6-8-18/h4-9,11,13-16,22H,10,12H2,1-3H3,(H,25,26). The van der Waals surface area contributed by atoms with Crippen LogP contribution in [0.5, 0.6) is 0 Å². The molecule has 1 fully saturated rings. The van der Waals surface area contributed by atoms with E-state index in [9.17, 15) is 10.1 Å². The lowest BCUT2D eigenvalue weighted by molar-refractivity contribution is -0.385. The van der Waals surface area contributed by atoms with E-state index in [1.165, 1.54) is 5.56 Å². The highest BCUT2D eigenvalue weighted by Crippen LogP contribution is 2.37. The van der Waals surface area contributed by atoms with Crippen molar-refractivity contribution in [1.29, 1.82) is 0 Å². The van der Waals surface area contributed by atoms with Crippen molar-refractivity contribution >= 4 is 22.9 Å². The number of aromatic nitrogens is 1. The predicted octanol–water partition coefficient (Wildman–Crippen LogP) is 6.05. The summed E-state index contributed by atoms with van der Waals surface area (Å²) in [6.45, 7) is 6.50. The first kappa shape index (κ1) is 20.8. The van der Waals surface area contributed by atoms with Crippen molar-refractivity contribution in [3.05, 3.63) is 87.6 Å².